The highest BCUT2D eigenvalue weighted by Crippen LogP contribution is 2.38. The minimum Gasteiger partial charge on any atom is -0.393 e. The van der Waals surface area contributed by atoms with E-state index in [4.69, 9.17) is 5.41 Å². The maximum absolute atomic E-state index is 14.8. The number of anilines is 4. The molecule has 30 heavy (non-hydrogen) atoms. The number of para-hydroxylation sites is 1. The van der Waals surface area contributed by atoms with E-state index < -0.39 is 17.8 Å². The molecule has 0 spiro atoms. The Morgan fingerprint density at radius 3 is 2.73 bits per heavy atom. The third-order valence-corrected chi connectivity index (χ3v) is 4.63. The Hall–Kier alpha value is -3.49. The minimum atomic E-state index is -2.87. The van der Waals surface area contributed by atoms with Crippen molar-refractivity contribution >= 4 is 40.4 Å². The number of carbonyl (C=O) groups excluding carboxylic acids is 1. The molecule has 0 saturated heterocycles. The van der Waals surface area contributed by atoms with Gasteiger partial charge in [0.2, 0.25) is 5.91 Å². The lowest BCUT2D eigenvalue weighted by Crippen LogP contribution is -2.19. The van der Waals surface area contributed by atoms with Crippen molar-refractivity contribution in [2.45, 2.75) is 25.8 Å². The zero-order valence-corrected chi connectivity index (χ0v) is 16.4. The molecule has 1 atom stereocenters. The van der Waals surface area contributed by atoms with E-state index in [-0.39, 0.29) is 35.2 Å². The van der Waals surface area contributed by atoms with Crippen molar-refractivity contribution in [3.63, 3.8) is 0 Å². The number of fused-ring (bicyclic) bond motifs is 1. The quantitative estimate of drug-likeness (QED) is 0.435. The van der Waals surface area contributed by atoms with Gasteiger partial charge in [-0.05, 0) is 36.8 Å². The third kappa shape index (κ3) is 4.40. The summed E-state index contributed by atoms with van der Waals surface area (Å²) in [6.45, 7) is 1.84. The van der Waals surface area contributed by atoms with Crippen molar-refractivity contribution in [2.75, 3.05) is 23.0 Å². The number of halogens is 3. The Balaban J connectivity index is 2.05. The molecule has 0 fully saturated rings. The lowest BCUT2D eigenvalue weighted by molar-refractivity contribution is -0.116. The van der Waals surface area contributed by atoms with E-state index in [1.165, 1.54) is 6.20 Å². The molecule has 1 heterocycles. The van der Waals surface area contributed by atoms with Crippen LogP contribution in [0.5, 0.6) is 0 Å². The Morgan fingerprint density at radius 2 is 2.07 bits per heavy atom. The zero-order valence-electron chi connectivity index (χ0n) is 16.4. The fourth-order valence-corrected chi connectivity index (χ4v) is 3.31. The van der Waals surface area contributed by atoms with Gasteiger partial charge in [-0.1, -0.05) is 6.07 Å². The monoisotopic (exact) mass is 417 g/mol. The molecule has 0 saturated carbocycles. The Labute approximate surface area is 172 Å². The number of allylic oxidation sites excluding steroid dienone is 1. The normalized spacial score (nSPS) is 16.3. The van der Waals surface area contributed by atoms with Gasteiger partial charge in [0.25, 0.3) is 6.43 Å². The standard InChI is InChI=1S/C21H22F3N5O/c1-11-6-19(30)29-17-5-3-4-16(20(17)27-11)28-18-8-14(21(23)24)13(7-15(18)22)12(9-25)10-26-2/h3-5,7-11,21,25-28H,6H2,1-2H3,(H,29,30)/b12-10+,25-9?/t11-/m1/s1. The molecule has 6 nitrogen and oxygen atoms in total. The van der Waals surface area contributed by atoms with Gasteiger partial charge in [-0.25, -0.2) is 13.2 Å². The largest absolute Gasteiger partial charge is 0.393 e. The van der Waals surface area contributed by atoms with Gasteiger partial charge in [0.1, 0.15) is 5.82 Å². The molecule has 9 heteroatoms. The van der Waals surface area contributed by atoms with E-state index in [9.17, 15) is 18.0 Å². The lowest BCUT2D eigenvalue weighted by Gasteiger charge is -2.19. The second-order valence-electron chi connectivity index (χ2n) is 6.90. The van der Waals surface area contributed by atoms with Crippen LogP contribution >= 0.6 is 0 Å². The van der Waals surface area contributed by atoms with Crippen LogP contribution in [-0.4, -0.2) is 25.2 Å². The lowest BCUT2D eigenvalue weighted by atomic mass is 9.99. The summed E-state index contributed by atoms with van der Waals surface area (Å²) in [6, 6.07) is 6.89. The van der Waals surface area contributed by atoms with E-state index in [2.05, 4.69) is 21.3 Å². The van der Waals surface area contributed by atoms with Gasteiger partial charge < -0.3 is 26.7 Å². The molecular weight excluding hydrogens is 395 g/mol. The maximum Gasteiger partial charge on any atom is 0.264 e. The molecule has 158 valence electrons. The summed E-state index contributed by atoms with van der Waals surface area (Å²) < 4.78 is 42.3. The number of hydrogen-bond acceptors (Lipinski definition) is 5. The molecule has 1 amide bonds. The highest BCUT2D eigenvalue weighted by molar-refractivity contribution is 6.09. The molecule has 1 aliphatic heterocycles. The highest BCUT2D eigenvalue weighted by Gasteiger charge is 2.22. The van der Waals surface area contributed by atoms with Crippen LogP contribution in [0.4, 0.5) is 35.9 Å². The molecule has 1 aliphatic rings. The average Bonchev–Trinajstić information content (AvgIpc) is 2.84. The summed E-state index contributed by atoms with van der Waals surface area (Å²) in [5.41, 5.74) is 1.03. The first-order valence-electron chi connectivity index (χ1n) is 9.30. The van der Waals surface area contributed by atoms with E-state index in [1.807, 2.05) is 6.92 Å². The van der Waals surface area contributed by atoms with Crippen LogP contribution in [0.2, 0.25) is 0 Å². The van der Waals surface area contributed by atoms with Crippen molar-refractivity contribution in [3.05, 3.63) is 53.5 Å². The average molecular weight is 417 g/mol. The second kappa shape index (κ2) is 8.89. The van der Waals surface area contributed by atoms with Crippen molar-refractivity contribution in [3.8, 4) is 0 Å². The van der Waals surface area contributed by atoms with Gasteiger partial charge in [-0.2, -0.15) is 0 Å². The number of rotatable bonds is 6. The number of alkyl halides is 2. The van der Waals surface area contributed by atoms with Crippen LogP contribution in [0.25, 0.3) is 5.57 Å². The maximum atomic E-state index is 14.8. The van der Waals surface area contributed by atoms with E-state index in [1.54, 1.807) is 25.2 Å². The number of carbonyl (C=O) groups is 1. The smallest absolute Gasteiger partial charge is 0.264 e. The molecule has 0 aromatic heterocycles. The number of hydrogen-bond donors (Lipinski definition) is 5. The van der Waals surface area contributed by atoms with Gasteiger partial charge in [0.15, 0.2) is 0 Å². The SMILES string of the molecule is CN/C=C(\C=N)c1cc(F)c(Nc2cccc3c2N[C@H](C)CC(=O)N3)cc1C(F)F. The summed E-state index contributed by atoms with van der Waals surface area (Å²) in [6.07, 6.45) is -0.371. The predicted molar refractivity (Wildman–Crippen MR) is 113 cm³/mol. The van der Waals surface area contributed by atoms with Crippen LogP contribution < -0.4 is 21.3 Å². The zero-order chi connectivity index (χ0) is 21.8. The van der Waals surface area contributed by atoms with Crippen LogP contribution in [0.1, 0.15) is 30.9 Å². The summed E-state index contributed by atoms with van der Waals surface area (Å²) in [7, 11) is 1.56. The Morgan fingerprint density at radius 1 is 1.30 bits per heavy atom. The summed E-state index contributed by atoms with van der Waals surface area (Å²) in [4.78, 5) is 11.9. The van der Waals surface area contributed by atoms with Crippen molar-refractivity contribution in [1.29, 1.82) is 5.41 Å². The first kappa shape index (κ1) is 21.2. The molecule has 2 aromatic carbocycles. The molecule has 2 aromatic rings. The molecular formula is C21H22F3N5O. The summed E-state index contributed by atoms with van der Waals surface area (Å²) in [5, 5.41) is 18.9. The van der Waals surface area contributed by atoms with Crippen LogP contribution in [0, 0.1) is 11.2 Å². The van der Waals surface area contributed by atoms with Gasteiger partial charge >= 0.3 is 0 Å². The van der Waals surface area contributed by atoms with Crippen molar-refractivity contribution < 1.29 is 18.0 Å². The molecule has 0 radical (unpaired) electrons. The Bertz CT molecular complexity index is 1010. The van der Waals surface area contributed by atoms with Crippen LogP contribution in [0.3, 0.4) is 0 Å². The van der Waals surface area contributed by atoms with E-state index >= 15 is 0 Å². The van der Waals surface area contributed by atoms with Gasteiger partial charge in [0, 0.05) is 43.1 Å². The first-order valence-corrected chi connectivity index (χ1v) is 9.30. The van der Waals surface area contributed by atoms with E-state index in [0.29, 0.717) is 17.1 Å². The minimum absolute atomic E-state index is 0.0664. The van der Waals surface area contributed by atoms with Gasteiger partial charge in [-0.15, -0.1) is 0 Å². The second-order valence-corrected chi connectivity index (χ2v) is 6.90. The van der Waals surface area contributed by atoms with Crippen molar-refractivity contribution in [2.24, 2.45) is 0 Å². The molecule has 3 rings (SSSR count). The molecule has 0 bridgehead atoms. The number of benzene rings is 2. The highest BCUT2D eigenvalue weighted by atomic mass is 19.3. The van der Waals surface area contributed by atoms with Gasteiger partial charge in [0.05, 0.1) is 22.7 Å². The predicted octanol–water partition coefficient (Wildman–Crippen LogP) is 4.86. The van der Waals surface area contributed by atoms with Gasteiger partial charge in [-0.3, -0.25) is 4.79 Å². The molecule has 0 aliphatic carbocycles. The van der Waals surface area contributed by atoms with Crippen LogP contribution in [0.15, 0.2) is 36.5 Å². The van der Waals surface area contributed by atoms with Crippen LogP contribution in [-0.2, 0) is 4.79 Å². The third-order valence-electron chi connectivity index (χ3n) is 4.63. The summed E-state index contributed by atoms with van der Waals surface area (Å²) >= 11 is 0. The first-order chi connectivity index (χ1) is 14.3. The van der Waals surface area contributed by atoms with E-state index in [0.717, 1.165) is 18.3 Å². The fraction of sp³-hybridized carbons (Fsp3) is 0.238. The Kier molecular flexibility index (Phi) is 6.29. The summed E-state index contributed by atoms with van der Waals surface area (Å²) in [5.74, 6) is -0.904. The fourth-order valence-electron chi connectivity index (χ4n) is 3.31. The molecule has 5 N–H and O–H groups in total. The van der Waals surface area contributed by atoms with Crippen molar-refractivity contribution in [1.82, 2.24) is 5.32 Å². The number of amides is 1. The topological polar surface area (TPSA) is 89.0 Å². The number of nitrogens with one attached hydrogen (secondary N) is 5. The molecule has 0 unspecified atom stereocenters.